The number of thiazole rings is 1. The summed E-state index contributed by atoms with van der Waals surface area (Å²) in [7, 11) is 0. The highest BCUT2D eigenvalue weighted by Gasteiger charge is 2.10. The number of carbonyl (C=O) groups is 1. The van der Waals surface area contributed by atoms with Gasteiger partial charge in [-0.05, 0) is 6.42 Å². The average Bonchev–Trinajstić information content (AvgIpc) is 2.98. The van der Waals surface area contributed by atoms with E-state index in [0.717, 1.165) is 11.4 Å². The van der Waals surface area contributed by atoms with Gasteiger partial charge in [0.05, 0.1) is 18.7 Å². The predicted octanol–water partition coefficient (Wildman–Crippen LogP) is 1.23. The molecule has 0 bridgehead atoms. The average molecular weight is 284 g/mol. The molecule has 0 aliphatic carbocycles. The number of amides is 1. The number of nitrogens with zero attached hydrogens (tertiary/aromatic N) is 3. The van der Waals surface area contributed by atoms with Crippen molar-refractivity contribution < 1.29 is 9.90 Å². The Morgan fingerprint density at radius 2 is 2.28 bits per heavy atom. The number of aryl methyl sites for hydroxylation is 1. The van der Waals surface area contributed by atoms with Crippen molar-refractivity contribution in [2.45, 2.75) is 26.4 Å². The Bertz CT molecular complexity index is 491. The van der Waals surface area contributed by atoms with E-state index in [-0.39, 0.29) is 18.9 Å². The van der Waals surface area contributed by atoms with Crippen LogP contribution in [0.5, 0.6) is 0 Å². The molecule has 2 rings (SSSR count). The van der Waals surface area contributed by atoms with Gasteiger partial charge in [0.1, 0.15) is 10.0 Å². The van der Waals surface area contributed by atoms with Gasteiger partial charge in [-0.2, -0.15) is 0 Å². The van der Waals surface area contributed by atoms with Crippen molar-refractivity contribution in [3.05, 3.63) is 21.1 Å². The quantitative estimate of drug-likeness (QED) is 0.862. The Kier molecular flexibility index (Phi) is 4.34. The minimum absolute atomic E-state index is 0.103. The summed E-state index contributed by atoms with van der Waals surface area (Å²) in [5, 5.41) is 23.2. The Labute approximate surface area is 112 Å². The lowest BCUT2D eigenvalue weighted by Crippen LogP contribution is -2.14. The van der Waals surface area contributed by atoms with E-state index >= 15 is 0 Å². The molecule has 0 aliphatic rings. The monoisotopic (exact) mass is 284 g/mol. The van der Waals surface area contributed by atoms with Crippen LogP contribution in [0.2, 0.25) is 0 Å². The second kappa shape index (κ2) is 5.98. The number of aliphatic hydroxyl groups is 1. The molecule has 0 unspecified atom stereocenters. The molecule has 0 saturated heterocycles. The van der Waals surface area contributed by atoms with Crippen LogP contribution < -0.4 is 5.32 Å². The van der Waals surface area contributed by atoms with Crippen molar-refractivity contribution in [2.75, 3.05) is 5.32 Å². The second-order valence-electron chi connectivity index (χ2n) is 3.47. The molecule has 0 saturated carbocycles. The number of nitrogens with one attached hydrogen (secondary N) is 1. The van der Waals surface area contributed by atoms with Gasteiger partial charge in [-0.25, -0.2) is 4.98 Å². The van der Waals surface area contributed by atoms with E-state index in [1.54, 1.807) is 5.38 Å². The van der Waals surface area contributed by atoms with Gasteiger partial charge in [-0.3, -0.25) is 4.79 Å². The van der Waals surface area contributed by atoms with Crippen LogP contribution >= 0.6 is 22.7 Å². The molecule has 2 heterocycles. The zero-order valence-corrected chi connectivity index (χ0v) is 11.3. The third kappa shape index (κ3) is 3.31. The summed E-state index contributed by atoms with van der Waals surface area (Å²) >= 11 is 2.73. The Morgan fingerprint density at radius 3 is 2.89 bits per heavy atom. The third-order valence-electron chi connectivity index (χ3n) is 2.09. The van der Waals surface area contributed by atoms with Crippen molar-refractivity contribution in [3.63, 3.8) is 0 Å². The van der Waals surface area contributed by atoms with Gasteiger partial charge in [-0.1, -0.05) is 18.3 Å². The van der Waals surface area contributed by atoms with E-state index in [2.05, 4.69) is 20.5 Å². The van der Waals surface area contributed by atoms with Crippen molar-refractivity contribution in [2.24, 2.45) is 0 Å². The van der Waals surface area contributed by atoms with Gasteiger partial charge in [0.25, 0.3) is 0 Å². The minimum atomic E-state index is -0.173. The van der Waals surface area contributed by atoms with E-state index in [1.165, 1.54) is 22.7 Å². The normalized spacial score (nSPS) is 10.6. The molecule has 96 valence electrons. The molecule has 0 spiro atoms. The molecule has 0 radical (unpaired) electrons. The first-order valence-electron chi connectivity index (χ1n) is 5.37. The fourth-order valence-electron chi connectivity index (χ4n) is 1.25. The van der Waals surface area contributed by atoms with E-state index in [0.29, 0.717) is 15.8 Å². The Hall–Kier alpha value is -1.38. The van der Waals surface area contributed by atoms with Crippen molar-refractivity contribution in [3.8, 4) is 0 Å². The number of rotatable bonds is 5. The lowest BCUT2D eigenvalue weighted by atomic mass is 10.4. The molecule has 2 N–H and O–H groups in total. The highest BCUT2D eigenvalue weighted by atomic mass is 32.1. The first kappa shape index (κ1) is 13.1. The maximum absolute atomic E-state index is 11.7. The van der Waals surface area contributed by atoms with E-state index in [1.807, 2.05) is 6.92 Å². The third-order valence-corrected chi connectivity index (χ3v) is 3.97. The van der Waals surface area contributed by atoms with Crippen LogP contribution in [0.1, 0.15) is 22.6 Å². The SMILES string of the molecule is CCc1nnc(NC(=O)Cc2nc(CO)cs2)s1. The van der Waals surface area contributed by atoms with Gasteiger partial charge >= 0.3 is 0 Å². The van der Waals surface area contributed by atoms with Crippen LogP contribution in [-0.4, -0.2) is 26.2 Å². The molecular formula is C10H12N4O2S2. The van der Waals surface area contributed by atoms with Gasteiger partial charge in [0.15, 0.2) is 0 Å². The van der Waals surface area contributed by atoms with Gasteiger partial charge in [-0.15, -0.1) is 21.5 Å². The zero-order chi connectivity index (χ0) is 13.0. The number of carbonyl (C=O) groups excluding carboxylic acids is 1. The molecule has 2 aromatic rings. The van der Waals surface area contributed by atoms with Crippen LogP contribution in [0.15, 0.2) is 5.38 Å². The summed E-state index contributed by atoms with van der Waals surface area (Å²) in [6.45, 7) is 1.88. The summed E-state index contributed by atoms with van der Waals surface area (Å²) in [6, 6.07) is 0. The maximum Gasteiger partial charge on any atom is 0.233 e. The molecule has 18 heavy (non-hydrogen) atoms. The molecule has 6 nitrogen and oxygen atoms in total. The summed E-state index contributed by atoms with van der Waals surface area (Å²) in [6.07, 6.45) is 0.992. The molecule has 0 atom stereocenters. The minimum Gasteiger partial charge on any atom is -0.390 e. The highest BCUT2D eigenvalue weighted by molar-refractivity contribution is 7.15. The molecular weight excluding hydrogens is 272 g/mol. The van der Waals surface area contributed by atoms with Crippen molar-refractivity contribution >= 4 is 33.7 Å². The van der Waals surface area contributed by atoms with E-state index in [9.17, 15) is 4.79 Å². The maximum atomic E-state index is 11.7. The van der Waals surface area contributed by atoms with Crippen molar-refractivity contribution in [1.29, 1.82) is 0 Å². The predicted molar refractivity (Wildman–Crippen MR) is 69.7 cm³/mol. The molecule has 0 aromatic carbocycles. The van der Waals surface area contributed by atoms with Crippen LogP contribution in [0, 0.1) is 0 Å². The molecule has 8 heteroatoms. The van der Waals surface area contributed by atoms with Gasteiger partial charge in [0, 0.05) is 5.38 Å². The highest BCUT2D eigenvalue weighted by Crippen LogP contribution is 2.16. The number of hydrogen-bond acceptors (Lipinski definition) is 7. The zero-order valence-electron chi connectivity index (χ0n) is 9.71. The van der Waals surface area contributed by atoms with Crippen LogP contribution in [0.3, 0.4) is 0 Å². The molecule has 1 amide bonds. The van der Waals surface area contributed by atoms with Crippen LogP contribution in [0.25, 0.3) is 0 Å². The number of anilines is 1. The number of aliphatic hydroxyl groups excluding tert-OH is 1. The number of aromatic nitrogens is 3. The summed E-state index contributed by atoms with van der Waals surface area (Å²) < 4.78 is 0. The fourth-order valence-corrected chi connectivity index (χ4v) is 2.73. The van der Waals surface area contributed by atoms with Crippen LogP contribution in [-0.2, 0) is 24.2 Å². The Balaban J connectivity index is 1.92. The second-order valence-corrected chi connectivity index (χ2v) is 5.47. The topological polar surface area (TPSA) is 88.0 Å². The molecule has 0 fully saturated rings. The smallest absolute Gasteiger partial charge is 0.233 e. The standard InChI is InChI=1S/C10H12N4O2S2/c1-2-8-13-14-10(18-8)12-7(16)3-9-11-6(4-15)5-17-9/h5,15H,2-4H2,1H3,(H,12,14,16). The molecule has 0 aliphatic heterocycles. The van der Waals surface area contributed by atoms with Gasteiger partial charge < -0.3 is 10.4 Å². The largest absolute Gasteiger partial charge is 0.390 e. The van der Waals surface area contributed by atoms with Crippen molar-refractivity contribution in [1.82, 2.24) is 15.2 Å². The molecule has 2 aromatic heterocycles. The van der Waals surface area contributed by atoms with E-state index in [4.69, 9.17) is 5.11 Å². The first-order valence-corrected chi connectivity index (χ1v) is 7.07. The fraction of sp³-hybridized carbons (Fsp3) is 0.400. The van der Waals surface area contributed by atoms with E-state index < -0.39 is 0 Å². The summed E-state index contributed by atoms with van der Waals surface area (Å²) in [5.41, 5.74) is 0.590. The first-order chi connectivity index (χ1) is 8.71. The number of hydrogen-bond donors (Lipinski definition) is 2. The Morgan fingerprint density at radius 1 is 1.44 bits per heavy atom. The summed E-state index contributed by atoms with van der Waals surface area (Å²) in [4.78, 5) is 15.8. The lowest BCUT2D eigenvalue weighted by Gasteiger charge is -1.97. The summed E-state index contributed by atoms with van der Waals surface area (Å²) in [5.74, 6) is -0.173. The van der Waals surface area contributed by atoms with Crippen LogP contribution in [0.4, 0.5) is 5.13 Å². The lowest BCUT2D eigenvalue weighted by molar-refractivity contribution is -0.115. The van der Waals surface area contributed by atoms with Gasteiger partial charge in [0.2, 0.25) is 11.0 Å².